The zero-order chi connectivity index (χ0) is 11.4. The van der Waals surface area contributed by atoms with Gasteiger partial charge >= 0.3 is 5.97 Å². The molecule has 1 N–H and O–H groups in total. The molecule has 5 heteroatoms. The Morgan fingerprint density at radius 2 is 2.20 bits per heavy atom. The lowest BCUT2D eigenvalue weighted by Crippen LogP contribution is -2.17. The smallest absolute Gasteiger partial charge is 0.337 e. The Bertz CT molecular complexity index is 366. The molecule has 0 saturated carbocycles. The van der Waals surface area contributed by atoms with Gasteiger partial charge in [-0.2, -0.15) is 0 Å². The maximum Gasteiger partial charge on any atom is 0.337 e. The number of halogens is 1. The molecule has 0 spiro atoms. The van der Waals surface area contributed by atoms with Crippen LogP contribution in [0.5, 0.6) is 0 Å². The van der Waals surface area contributed by atoms with E-state index in [1.807, 2.05) is 19.0 Å². The van der Waals surface area contributed by atoms with Gasteiger partial charge in [0.05, 0.1) is 10.6 Å². The summed E-state index contributed by atoms with van der Waals surface area (Å²) in [5, 5.41) is 9.18. The minimum absolute atomic E-state index is 0.161. The van der Waals surface area contributed by atoms with Crippen LogP contribution in [0.4, 0.5) is 0 Å². The van der Waals surface area contributed by atoms with E-state index >= 15 is 0 Å². The Morgan fingerprint density at radius 3 is 2.73 bits per heavy atom. The lowest BCUT2D eigenvalue weighted by atomic mass is 10.1. The SMILES string of the molecule is CN(C)CCc1cncc(Cl)c1C(=O)O. The molecule has 0 aliphatic heterocycles. The van der Waals surface area contributed by atoms with Crippen molar-refractivity contribution in [2.45, 2.75) is 6.42 Å². The van der Waals surface area contributed by atoms with Gasteiger partial charge in [-0.3, -0.25) is 4.98 Å². The van der Waals surface area contributed by atoms with E-state index in [0.717, 1.165) is 6.54 Å². The van der Waals surface area contributed by atoms with E-state index in [9.17, 15) is 4.79 Å². The normalized spacial score (nSPS) is 10.7. The highest BCUT2D eigenvalue weighted by molar-refractivity contribution is 6.33. The van der Waals surface area contributed by atoms with Crippen molar-refractivity contribution in [1.82, 2.24) is 9.88 Å². The first-order valence-electron chi connectivity index (χ1n) is 4.52. The second-order valence-corrected chi connectivity index (χ2v) is 3.92. The minimum Gasteiger partial charge on any atom is -0.478 e. The van der Waals surface area contributed by atoms with Crippen molar-refractivity contribution >= 4 is 17.6 Å². The Hall–Kier alpha value is -1.13. The van der Waals surface area contributed by atoms with Gasteiger partial charge in [0.15, 0.2) is 0 Å². The summed E-state index contributed by atoms with van der Waals surface area (Å²) in [4.78, 5) is 16.8. The molecule has 1 rings (SSSR count). The maximum atomic E-state index is 11.0. The van der Waals surface area contributed by atoms with E-state index in [4.69, 9.17) is 16.7 Å². The zero-order valence-electron chi connectivity index (χ0n) is 8.70. The summed E-state index contributed by atoms with van der Waals surface area (Å²) in [5.41, 5.74) is 0.831. The first-order valence-corrected chi connectivity index (χ1v) is 4.90. The molecule has 4 nitrogen and oxygen atoms in total. The van der Waals surface area contributed by atoms with Crippen LogP contribution < -0.4 is 0 Å². The van der Waals surface area contributed by atoms with Crippen molar-refractivity contribution in [2.75, 3.05) is 20.6 Å². The third kappa shape index (κ3) is 3.18. The summed E-state index contributed by atoms with van der Waals surface area (Å²) in [7, 11) is 3.86. The highest BCUT2D eigenvalue weighted by Crippen LogP contribution is 2.19. The van der Waals surface area contributed by atoms with Crippen molar-refractivity contribution in [3.63, 3.8) is 0 Å². The van der Waals surface area contributed by atoms with Crippen molar-refractivity contribution in [3.05, 3.63) is 28.5 Å². The number of carboxylic acids is 1. The summed E-state index contributed by atoms with van der Waals surface area (Å²) >= 11 is 5.78. The van der Waals surface area contributed by atoms with Gasteiger partial charge < -0.3 is 10.0 Å². The lowest BCUT2D eigenvalue weighted by Gasteiger charge is -2.11. The molecule has 82 valence electrons. The molecule has 0 radical (unpaired) electrons. The summed E-state index contributed by atoms with van der Waals surface area (Å²) in [6.45, 7) is 0.766. The number of hydrogen-bond donors (Lipinski definition) is 1. The molecule has 1 heterocycles. The molecule has 0 fully saturated rings. The number of carbonyl (C=O) groups is 1. The molecule has 1 aromatic rings. The van der Waals surface area contributed by atoms with Crippen molar-refractivity contribution in [2.24, 2.45) is 0 Å². The lowest BCUT2D eigenvalue weighted by molar-refractivity contribution is 0.0695. The highest BCUT2D eigenvalue weighted by Gasteiger charge is 2.14. The number of rotatable bonds is 4. The summed E-state index contributed by atoms with van der Waals surface area (Å²) in [5.74, 6) is -1.00. The van der Waals surface area contributed by atoms with E-state index in [2.05, 4.69) is 4.98 Å². The Labute approximate surface area is 93.5 Å². The van der Waals surface area contributed by atoms with E-state index in [1.165, 1.54) is 6.20 Å². The fourth-order valence-electron chi connectivity index (χ4n) is 1.25. The summed E-state index contributed by atoms with van der Waals surface area (Å²) < 4.78 is 0. The van der Waals surface area contributed by atoms with Crippen LogP contribution >= 0.6 is 11.6 Å². The van der Waals surface area contributed by atoms with Gasteiger partial charge in [0.1, 0.15) is 0 Å². The second-order valence-electron chi connectivity index (χ2n) is 3.51. The van der Waals surface area contributed by atoms with Gasteiger partial charge in [-0.15, -0.1) is 0 Å². The highest BCUT2D eigenvalue weighted by atomic mass is 35.5. The predicted molar refractivity (Wildman–Crippen MR) is 58.5 cm³/mol. The van der Waals surface area contributed by atoms with Crippen molar-refractivity contribution < 1.29 is 9.90 Å². The summed E-state index contributed by atoms with van der Waals surface area (Å²) in [6.07, 6.45) is 3.53. The van der Waals surface area contributed by atoms with Crippen molar-refractivity contribution in [3.8, 4) is 0 Å². The predicted octanol–water partition coefficient (Wildman–Crippen LogP) is 1.54. The topological polar surface area (TPSA) is 53.4 Å². The van der Waals surface area contributed by atoms with E-state index < -0.39 is 5.97 Å². The number of aromatic nitrogens is 1. The fraction of sp³-hybridized carbons (Fsp3) is 0.400. The number of aromatic carboxylic acids is 1. The maximum absolute atomic E-state index is 11.0. The minimum atomic E-state index is -1.00. The van der Waals surface area contributed by atoms with Crippen LogP contribution in [0.2, 0.25) is 5.02 Å². The monoisotopic (exact) mass is 228 g/mol. The number of likely N-dealkylation sites (N-methyl/N-ethyl adjacent to an activating group) is 1. The Morgan fingerprint density at radius 1 is 1.53 bits per heavy atom. The number of carboxylic acid groups (broad SMARTS) is 1. The standard InChI is InChI=1S/C10H13ClN2O2/c1-13(2)4-3-7-5-12-6-8(11)9(7)10(14)15/h5-6H,3-4H2,1-2H3,(H,14,15). The molecule has 0 amide bonds. The first kappa shape index (κ1) is 11.9. The first-order chi connectivity index (χ1) is 7.02. The third-order valence-corrected chi connectivity index (χ3v) is 2.31. The van der Waals surface area contributed by atoms with Crippen LogP contribution in [0.25, 0.3) is 0 Å². The van der Waals surface area contributed by atoms with E-state index in [-0.39, 0.29) is 10.6 Å². The number of hydrogen-bond acceptors (Lipinski definition) is 3. The van der Waals surface area contributed by atoms with Gasteiger partial charge in [-0.05, 0) is 26.1 Å². The second kappa shape index (κ2) is 5.09. The van der Waals surface area contributed by atoms with Crippen LogP contribution in [0.1, 0.15) is 15.9 Å². The van der Waals surface area contributed by atoms with Crippen molar-refractivity contribution in [1.29, 1.82) is 0 Å². The molecule has 0 bridgehead atoms. The van der Waals surface area contributed by atoms with E-state index in [1.54, 1.807) is 6.20 Å². The number of pyridine rings is 1. The molecular formula is C10H13ClN2O2. The summed E-state index contributed by atoms with van der Waals surface area (Å²) in [6, 6.07) is 0. The molecule has 1 aromatic heterocycles. The Kier molecular flexibility index (Phi) is 4.05. The van der Waals surface area contributed by atoms with Crippen LogP contribution in [-0.2, 0) is 6.42 Å². The average Bonchev–Trinajstić information content (AvgIpc) is 2.13. The van der Waals surface area contributed by atoms with Crippen LogP contribution in [0.3, 0.4) is 0 Å². The van der Waals surface area contributed by atoms with E-state index in [0.29, 0.717) is 12.0 Å². The molecule has 0 aliphatic rings. The molecule has 15 heavy (non-hydrogen) atoms. The molecule has 0 aromatic carbocycles. The quantitative estimate of drug-likeness (QED) is 0.850. The Balaban J connectivity index is 2.96. The zero-order valence-corrected chi connectivity index (χ0v) is 9.45. The van der Waals surface area contributed by atoms with Gasteiger partial charge in [-0.1, -0.05) is 11.6 Å². The average molecular weight is 229 g/mol. The fourth-order valence-corrected chi connectivity index (χ4v) is 1.51. The molecule has 0 atom stereocenters. The molecular weight excluding hydrogens is 216 g/mol. The van der Waals surface area contributed by atoms with Crippen LogP contribution in [0, 0.1) is 0 Å². The third-order valence-electron chi connectivity index (χ3n) is 2.02. The molecule has 0 saturated heterocycles. The van der Waals surface area contributed by atoms with Gasteiger partial charge in [-0.25, -0.2) is 4.79 Å². The molecule has 0 unspecified atom stereocenters. The van der Waals surface area contributed by atoms with Gasteiger partial charge in [0.2, 0.25) is 0 Å². The number of nitrogens with zero attached hydrogens (tertiary/aromatic N) is 2. The largest absolute Gasteiger partial charge is 0.478 e. The van der Waals surface area contributed by atoms with Gasteiger partial charge in [0, 0.05) is 18.9 Å². The molecule has 0 aliphatic carbocycles. The van der Waals surface area contributed by atoms with Crippen LogP contribution in [-0.4, -0.2) is 41.6 Å². The van der Waals surface area contributed by atoms with Crippen LogP contribution in [0.15, 0.2) is 12.4 Å². The van der Waals surface area contributed by atoms with Gasteiger partial charge in [0.25, 0.3) is 0 Å².